The minimum atomic E-state index is -1.82. The van der Waals surface area contributed by atoms with Gasteiger partial charge in [-0.15, -0.1) is 11.3 Å². The number of carbonyl (C=O) groups is 1. The quantitative estimate of drug-likeness (QED) is 0.348. The Kier molecular flexibility index (Phi) is 6.98. The number of aliphatic carboxylic acids is 1. The van der Waals surface area contributed by atoms with Gasteiger partial charge in [-0.2, -0.15) is 0 Å². The van der Waals surface area contributed by atoms with Gasteiger partial charge < -0.3 is 19.4 Å². The molecule has 190 valence electrons. The van der Waals surface area contributed by atoms with E-state index in [0.29, 0.717) is 21.2 Å². The fourth-order valence-electron chi connectivity index (χ4n) is 3.98. The van der Waals surface area contributed by atoms with Crippen LogP contribution >= 0.6 is 11.3 Å². The van der Waals surface area contributed by atoms with E-state index < -0.39 is 35.0 Å². The molecule has 0 amide bonds. The first-order valence-corrected chi connectivity index (χ1v) is 12.1. The van der Waals surface area contributed by atoms with Gasteiger partial charge in [0.2, 0.25) is 5.89 Å². The summed E-state index contributed by atoms with van der Waals surface area (Å²) in [6.45, 7) is 5.92. The summed E-state index contributed by atoms with van der Waals surface area (Å²) in [5, 5.41) is 19.9. The van der Waals surface area contributed by atoms with Crippen LogP contribution in [0.5, 0.6) is 0 Å². The Morgan fingerprint density at radius 2 is 1.94 bits per heavy atom. The summed E-state index contributed by atoms with van der Waals surface area (Å²) in [5.74, 6) is -1.03. The van der Waals surface area contributed by atoms with E-state index in [-0.39, 0.29) is 18.5 Å². The number of nitrogens with zero attached hydrogens (tertiary/aromatic N) is 3. The molecule has 0 aliphatic heterocycles. The van der Waals surface area contributed by atoms with Gasteiger partial charge in [0.05, 0.1) is 35.7 Å². The third-order valence-electron chi connectivity index (χ3n) is 5.98. The van der Waals surface area contributed by atoms with Crippen LogP contribution in [0, 0.1) is 6.92 Å². The van der Waals surface area contributed by atoms with Gasteiger partial charge in [-0.3, -0.25) is 9.36 Å². The smallest absolute Gasteiger partial charge is 0.333 e. The average Bonchev–Trinajstić information content (AvgIpc) is 3.47. The molecule has 0 aliphatic rings. The lowest BCUT2D eigenvalue weighted by molar-refractivity contribution is -0.146. The Hall–Kier alpha value is -3.54. The molecule has 0 spiro atoms. The summed E-state index contributed by atoms with van der Waals surface area (Å²) in [6.07, 6.45) is 1.49. The number of carboxylic acids is 1. The third kappa shape index (κ3) is 4.52. The van der Waals surface area contributed by atoms with Gasteiger partial charge in [-0.25, -0.2) is 19.1 Å². The number of rotatable bonds is 9. The SMILES string of the molecule is Cc1c(-c2ncco2)sc2c1c(=O)n(C(C)(C)C(=O)O)c(=O)n2C[C@H](OCC(C)O)c1ccccc1. The minimum absolute atomic E-state index is 0.0166. The van der Waals surface area contributed by atoms with Crippen molar-refractivity contribution in [1.82, 2.24) is 14.1 Å². The topological polar surface area (TPSA) is 137 Å². The van der Waals surface area contributed by atoms with Crippen molar-refractivity contribution in [2.75, 3.05) is 6.61 Å². The molecule has 0 bridgehead atoms. The van der Waals surface area contributed by atoms with Crippen molar-refractivity contribution in [3.8, 4) is 10.8 Å². The Labute approximate surface area is 210 Å². The van der Waals surface area contributed by atoms with Gasteiger partial charge in [0.15, 0.2) is 0 Å². The van der Waals surface area contributed by atoms with E-state index in [9.17, 15) is 24.6 Å². The Bertz CT molecular complexity index is 1500. The second-order valence-electron chi connectivity index (χ2n) is 9.05. The van der Waals surface area contributed by atoms with Crippen LogP contribution in [0.3, 0.4) is 0 Å². The van der Waals surface area contributed by atoms with Crippen molar-refractivity contribution in [2.45, 2.75) is 52.0 Å². The largest absolute Gasteiger partial charge is 0.480 e. The van der Waals surface area contributed by atoms with Gasteiger partial charge in [-0.1, -0.05) is 30.3 Å². The maximum absolute atomic E-state index is 13.8. The predicted molar refractivity (Wildman–Crippen MR) is 134 cm³/mol. The molecule has 4 aromatic rings. The standard InChI is InChI=1S/C25H27N3O7S/c1-14(29)13-35-17(16-8-6-5-7-9-16)12-27-22-18(15(2)19(36-22)20-26-10-11-34-20)21(30)28(24(27)33)25(3,4)23(31)32/h5-11,14,17,29H,12-13H2,1-4H3,(H,31,32)/t14?,17-/m0/s1. The summed E-state index contributed by atoms with van der Waals surface area (Å²) in [6, 6.07) is 9.18. The second-order valence-corrected chi connectivity index (χ2v) is 10.1. The molecule has 0 saturated carbocycles. The lowest BCUT2D eigenvalue weighted by Gasteiger charge is -2.25. The van der Waals surface area contributed by atoms with E-state index in [1.165, 1.54) is 42.2 Å². The molecular formula is C25H27N3O7S. The first-order chi connectivity index (χ1) is 17.0. The molecule has 3 heterocycles. The van der Waals surface area contributed by atoms with Crippen LogP contribution in [-0.2, 0) is 21.6 Å². The highest BCUT2D eigenvalue weighted by molar-refractivity contribution is 7.22. The number of ether oxygens (including phenoxy) is 1. The molecule has 10 nitrogen and oxygen atoms in total. The fourth-order valence-corrected chi connectivity index (χ4v) is 5.22. The first-order valence-electron chi connectivity index (χ1n) is 11.3. The van der Waals surface area contributed by atoms with Crippen LogP contribution in [-0.4, -0.2) is 43.0 Å². The van der Waals surface area contributed by atoms with E-state index in [2.05, 4.69) is 4.98 Å². The lowest BCUT2D eigenvalue weighted by Crippen LogP contribution is -2.52. The molecule has 11 heteroatoms. The number of aliphatic hydroxyl groups excluding tert-OH is 1. The summed E-state index contributed by atoms with van der Waals surface area (Å²) >= 11 is 1.17. The van der Waals surface area contributed by atoms with E-state index in [1.54, 1.807) is 13.8 Å². The summed E-state index contributed by atoms with van der Waals surface area (Å²) in [4.78, 5) is 44.6. The molecule has 1 unspecified atom stereocenters. The minimum Gasteiger partial charge on any atom is -0.480 e. The van der Waals surface area contributed by atoms with Gasteiger partial charge in [0.25, 0.3) is 5.56 Å². The highest BCUT2D eigenvalue weighted by atomic mass is 32.1. The molecule has 0 radical (unpaired) electrons. The van der Waals surface area contributed by atoms with Crippen molar-refractivity contribution in [3.05, 3.63) is 74.8 Å². The van der Waals surface area contributed by atoms with E-state index in [0.717, 1.165) is 10.1 Å². The monoisotopic (exact) mass is 513 g/mol. The molecule has 0 saturated heterocycles. The molecule has 1 aromatic carbocycles. The van der Waals surface area contributed by atoms with Crippen molar-refractivity contribution in [3.63, 3.8) is 0 Å². The Morgan fingerprint density at radius 3 is 2.53 bits per heavy atom. The number of fused-ring (bicyclic) bond motifs is 1. The van der Waals surface area contributed by atoms with Gasteiger partial charge in [0.1, 0.15) is 22.7 Å². The number of aliphatic hydroxyl groups is 1. The maximum Gasteiger partial charge on any atom is 0.333 e. The molecule has 2 atom stereocenters. The molecule has 0 fully saturated rings. The molecule has 2 N–H and O–H groups in total. The summed E-state index contributed by atoms with van der Waals surface area (Å²) in [7, 11) is 0. The van der Waals surface area contributed by atoms with E-state index in [4.69, 9.17) is 9.15 Å². The first kappa shape index (κ1) is 25.5. The highest BCUT2D eigenvalue weighted by Crippen LogP contribution is 2.36. The number of benzene rings is 1. The summed E-state index contributed by atoms with van der Waals surface area (Å²) in [5.41, 5.74) is -2.00. The van der Waals surface area contributed by atoms with E-state index in [1.807, 2.05) is 30.3 Å². The number of hydrogen-bond acceptors (Lipinski definition) is 8. The highest BCUT2D eigenvalue weighted by Gasteiger charge is 2.36. The van der Waals surface area contributed by atoms with Crippen LogP contribution in [0.4, 0.5) is 0 Å². The van der Waals surface area contributed by atoms with Crippen LogP contribution in [0.2, 0.25) is 0 Å². The van der Waals surface area contributed by atoms with Gasteiger partial charge in [-0.05, 0) is 38.8 Å². The maximum atomic E-state index is 13.8. The molecular weight excluding hydrogens is 486 g/mol. The van der Waals surface area contributed by atoms with Crippen molar-refractivity contribution in [1.29, 1.82) is 0 Å². The Balaban J connectivity index is 2.01. The van der Waals surface area contributed by atoms with Crippen molar-refractivity contribution >= 4 is 27.5 Å². The van der Waals surface area contributed by atoms with Crippen LogP contribution < -0.4 is 11.2 Å². The van der Waals surface area contributed by atoms with Crippen molar-refractivity contribution in [2.24, 2.45) is 0 Å². The van der Waals surface area contributed by atoms with Crippen LogP contribution in [0.25, 0.3) is 21.0 Å². The average molecular weight is 514 g/mol. The molecule has 0 aliphatic carbocycles. The zero-order valence-corrected chi connectivity index (χ0v) is 21.1. The second kappa shape index (κ2) is 9.84. The predicted octanol–water partition coefficient (Wildman–Crippen LogP) is 3.15. The van der Waals surface area contributed by atoms with Crippen LogP contribution in [0.15, 0.2) is 56.8 Å². The molecule has 3 aromatic heterocycles. The summed E-state index contributed by atoms with van der Waals surface area (Å²) < 4.78 is 13.6. The van der Waals surface area contributed by atoms with E-state index >= 15 is 0 Å². The van der Waals surface area contributed by atoms with Crippen LogP contribution in [0.1, 0.15) is 38.0 Å². The van der Waals surface area contributed by atoms with Crippen molar-refractivity contribution < 1.29 is 24.2 Å². The number of thiophene rings is 1. The van der Waals surface area contributed by atoms with Gasteiger partial charge in [0, 0.05) is 0 Å². The normalized spacial score (nSPS) is 13.7. The zero-order chi connectivity index (χ0) is 26.2. The number of hydrogen-bond donors (Lipinski definition) is 2. The zero-order valence-electron chi connectivity index (χ0n) is 20.3. The molecule has 4 rings (SSSR count). The van der Waals surface area contributed by atoms with Gasteiger partial charge >= 0.3 is 11.7 Å². The Morgan fingerprint density at radius 1 is 1.25 bits per heavy atom. The number of carboxylic acid groups (broad SMARTS) is 1. The lowest BCUT2D eigenvalue weighted by atomic mass is 10.1. The number of aromatic nitrogens is 3. The molecule has 36 heavy (non-hydrogen) atoms. The number of oxazole rings is 1. The third-order valence-corrected chi connectivity index (χ3v) is 7.28. The fraction of sp³-hybridized carbons (Fsp3) is 0.360. The number of aryl methyl sites for hydroxylation is 1.